The monoisotopic (exact) mass is 338 g/mol. The van der Waals surface area contributed by atoms with E-state index in [-0.39, 0.29) is 30.4 Å². The zero-order chi connectivity index (χ0) is 16.4. The van der Waals surface area contributed by atoms with Crippen molar-refractivity contribution in [1.29, 1.82) is 0 Å². The van der Waals surface area contributed by atoms with Gasteiger partial charge in [-0.3, -0.25) is 0 Å². The van der Waals surface area contributed by atoms with Crippen molar-refractivity contribution in [3.63, 3.8) is 0 Å². The Hall–Kier alpha value is -1.27. The highest BCUT2D eigenvalue weighted by Crippen LogP contribution is 2.35. The van der Waals surface area contributed by atoms with E-state index in [9.17, 15) is 14.3 Å². The van der Waals surface area contributed by atoms with Gasteiger partial charge in [-0.25, -0.2) is 9.18 Å². The van der Waals surface area contributed by atoms with Gasteiger partial charge in [0.05, 0.1) is 11.6 Å². The number of thioether (sulfide) groups is 1. The molecule has 3 rings (SSSR count). The number of aliphatic hydroxyl groups is 1. The van der Waals surface area contributed by atoms with E-state index >= 15 is 0 Å². The molecule has 3 unspecified atom stereocenters. The fourth-order valence-corrected chi connectivity index (χ4v) is 4.66. The minimum atomic E-state index is -0.801. The van der Waals surface area contributed by atoms with Gasteiger partial charge in [-0.15, -0.1) is 0 Å². The number of hydrogen-bond acceptors (Lipinski definition) is 3. The van der Waals surface area contributed by atoms with Crippen LogP contribution in [0.3, 0.4) is 0 Å². The number of fused-ring (bicyclic) bond motifs is 1. The van der Waals surface area contributed by atoms with Gasteiger partial charge in [0.2, 0.25) is 0 Å². The molecule has 1 fully saturated rings. The fourth-order valence-electron chi connectivity index (χ4n) is 3.37. The number of rotatable bonds is 3. The second-order valence-corrected chi connectivity index (χ2v) is 7.76. The van der Waals surface area contributed by atoms with E-state index in [1.807, 2.05) is 6.07 Å². The van der Waals surface area contributed by atoms with E-state index in [0.717, 1.165) is 17.7 Å². The van der Waals surface area contributed by atoms with Crippen LogP contribution in [0.25, 0.3) is 0 Å². The van der Waals surface area contributed by atoms with Crippen LogP contribution in [0.15, 0.2) is 18.2 Å². The zero-order valence-corrected chi connectivity index (χ0v) is 14.1. The minimum Gasteiger partial charge on any atom is -0.387 e. The van der Waals surface area contributed by atoms with Crippen LogP contribution >= 0.6 is 11.8 Å². The van der Waals surface area contributed by atoms with Crippen LogP contribution in [0, 0.1) is 11.7 Å². The van der Waals surface area contributed by atoms with Crippen LogP contribution in [0.1, 0.15) is 36.9 Å². The molecule has 1 saturated heterocycles. The number of nitrogens with one attached hydrogen (secondary N) is 2. The van der Waals surface area contributed by atoms with Crippen molar-refractivity contribution in [3.8, 4) is 0 Å². The van der Waals surface area contributed by atoms with E-state index in [1.165, 1.54) is 6.07 Å². The first-order valence-electron chi connectivity index (χ1n) is 8.10. The third kappa shape index (κ3) is 3.63. The second kappa shape index (κ2) is 6.69. The lowest BCUT2D eigenvalue weighted by Gasteiger charge is -2.32. The van der Waals surface area contributed by atoms with Crippen molar-refractivity contribution in [1.82, 2.24) is 10.6 Å². The Bertz CT molecular complexity index is 590. The Morgan fingerprint density at radius 2 is 2.35 bits per heavy atom. The van der Waals surface area contributed by atoms with Crippen LogP contribution in [0.5, 0.6) is 0 Å². The predicted octanol–water partition coefficient (Wildman–Crippen LogP) is 2.62. The van der Waals surface area contributed by atoms with Gasteiger partial charge in [0.25, 0.3) is 0 Å². The van der Waals surface area contributed by atoms with Crippen LogP contribution in [-0.2, 0) is 6.42 Å². The molecule has 1 aromatic rings. The third-order valence-electron chi connectivity index (χ3n) is 4.86. The van der Waals surface area contributed by atoms with E-state index < -0.39 is 5.60 Å². The first-order valence-corrected chi connectivity index (χ1v) is 9.26. The smallest absolute Gasteiger partial charge is 0.315 e. The molecular formula is C17H23FN2O2S. The van der Waals surface area contributed by atoms with Gasteiger partial charge in [0.15, 0.2) is 0 Å². The van der Waals surface area contributed by atoms with E-state index in [0.29, 0.717) is 24.2 Å². The molecule has 2 amide bonds. The van der Waals surface area contributed by atoms with E-state index in [2.05, 4.69) is 17.6 Å². The molecule has 2 aliphatic rings. The van der Waals surface area contributed by atoms with Crippen LogP contribution < -0.4 is 10.6 Å². The van der Waals surface area contributed by atoms with Crippen molar-refractivity contribution >= 4 is 17.8 Å². The number of benzene rings is 1. The molecular weight excluding hydrogens is 315 g/mol. The standard InChI is InChI=1S/C17H23FN2O2S/c1-11-5-6-12-13(3-2-4-14(12)18)15(11)20-16(21)19-9-17(22)7-8-23-10-17/h2-4,11,15,22H,5-10H2,1H3,(H2,19,20,21). The molecule has 6 heteroatoms. The molecule has 3 atom stereocenters. The summed E-state index contributed by atoms with van der Waals surface area (Å²) in [5, 5.41) is 16.0. The maximum atomic E-state index is 13.9. The van der Waals surface area contributed by atoms with Gasteiger partial charge >= 0.3 is 6.03 Å². The van der Waals surface area contributed by atoms with Gasteiger partial charge in [-0.2, -0.15) is 11.8 Å². The molecule has 0 aromatic heterocycles. The van der Waals surface area contributed by atoms with Crippen molar-refractivity contribution in [3.05, 3.63) is 35.1 Å². The van der Waals surface area contributed by atoms with E-state index in [4.69, 9.17) is 0 Å². The molecule has 4 nitrogen and oxygen atoms in total. The highest BCUT2D eigenvalue weighted by molar-refractivity contribution is 7.99. The summed E-state index contributed by atoms with van der Waals surface area (Å²) in [6.45, 7) is 2.32. The van der Waals surface area contributed by atoms with Crippen molar-refractivity contribution < 1.29 is 14.3 Å². The lowest BCUT2D eigenvalue weighted by atomic mass is 9.80. The van der Waals surface area contributed by atoms with Crippen LogP contribution in [0.2, 0.25) is 0 Å². The number of urea groups is 1. The van der Waals surface area contributed by atoms with Crippen molar-refractivity contribution in [2.24, 2.45) is 5.92 Å². The second-order valence-electron chi connectivity index (χ2n) is 6.66. The molecule has 1 aromatic carbocycles. The molecule has 1 heterocycles. The first-order chi connectivity index (χ1) is 11.0. The lowest BCUT2D eigenvalue weighted by Crippen LogP contribution is -2.48. The largest absolute Gasteiger partial charge is 0.387 e. The zero-order valence-electron chi connectivity index (χ0n) is 13.3. The molecule has 0 saturated carbocycles. The lowest BCUT2D eigenvalue weighted by molar-refractivity contribution is 0.0697. The van der Waals surface area contributed by atoms with E-state index in [1.54, 1.807) is 17.8 Å². The van der Waals surface area contributed by atoms with Gasteiger partial charge in [0, 0.05) is 12.3 Å². The van der Waals surface area contributed by atoms with Gasteiger partial charge < -0.3 is 15.7 Å². The van der Waals surface area contributed by atoms with Gasteiger partial charge in [0.1, 0.15) is 5.82 Å². The Kier molecular flexibility index (Phi) is 4.82. The highest BCUT2D eigenvalue weighted by Gasteiger charge is 2.33. The molecule has 1 aliphatic carbocycles. The molecule has 0 spiro atoms. The first kappa shape index (κ1) is 16.6. The highest BCUT2D eigenvalue weighted by atomic mass is 32.2. The Labute approximate surface area is 140 Å². The summed E-state index contributed by atoms with van der Waals surface area (Å²) in [5.74, 6) is 1.63. The topological polar surface area (TPSA) is 61.4 Å². The maximum Gasteiger partial charge on any atom is 0.315 e. The Morgan fingerprint density at radius 1 is 1.52 bits per heavy atom. The molecule has 0 bridgehead atoms. The number of amides is 2. The van der Waals surface area contributed by atoms with Crippen LogP contribution in [0.4, 0.5) is 9.18 Å². The quantitative estimate of drug-likeness (QED) is 0.794. The third-order valence-corrected chi connectivity index (χ3v) is 6.09. The molecule has 3 N–H and O–H groups in total. The fraction of sp³-hybridized carbons (Fsp3) is 0.588. The Morgan fingerprint density at radius 3 is 3.09 bits per heavy atom. The average Bonchev–Trinajstić information content (AvgIpc) is 2.96. The number of halogens is 1. The summed E-state index contributed by atoms with van der Waals surface area (Å²) in [7, 11) is 0. The minimum absolute atomic E-state index is 0.193. The predicted molar refractivity (Wildman–Crippen MR) is 90.1 cm³/mol. The summed E-state index contributed by atoms with van der Waals surface area (Å²) in [6.07, 6.45) is 2.26. The summed E-state index contributed by atoms with van der Waals surface area (Å²) in [5.41, 5.74) is 0.778. The average molecular weight is 338 g/mol. The van der Waals surface area contributed by atoms with Crippen molar-refractivity contribution in [2.45, 2.75) is 37.8 Å². The summed E-state index contributed by atoms with van der Waals surface area (Å²) in [6, 6.07) is 4.56. The number of carbonyl (C=O) groups is 1. The normalized spacial score (nSPS) is 29.9. The SMILES string of the molecule is CC1CCc2c(F)cccc2C1NC(=O)NCC1(O)CCSC1. The molecule has 23 heavy (non-hydrogen) atoms. The molecule has 0 radical (unpaired) electrons. The van der Waals surface area contributed by atoms with Crippen LogP contribution in [-0.4, -0.2) is 34.8 Å². The summed E-state index contributed by atoms with van der Waals surface area (Å²) >= 11 is 1.70. The Balaban J connectivity index is 1.65. The summed E-state index contributed by atoms with van der Waals surface area (Å²) in [4.78, 5) is 12.2. The van der Waals surface area contributed by atoms with Gasteiger partial charge in [-0.05, 0) is 48.1 Å². The molecule has 1 aliphatic heterocycles. The summed E-state index contributed by atoms with van der Waals surface area (Å²) < 4.78 is 13.9. The van der Waals surface area contributed by atoms with Crippen molar-refractivity contribution in [2.75, 3.05) is 18.1 Å². The number of carbonyl (C=O) groups excluding carboxylic acids is 1. The maximum absolute atomic E-state index is 13.9. The number of hydrogen-bond donors (Lipinski definition) is 3. The van der Waals surface area contributed by atoms with Gasteiger partial charge in [-0.1, -0.05) is 19.1 Å². The molecule has 126 valence electrons.